The van der Waals surface area contributed by atoms with E-state index in [4.69, 9.17) is 0 Å². The van der Waals surface area contributed by atoms with Gasteiger partial charge in [-0.15, -0.1) is 0 Å². The zero-order valence-electron chi connectivity index (χ0n) is 13.6. The summed E-state index contributed by atoms with van der Waals surface area (Å²) in [5.41, 5.74) is 1.35. The van der Waals surface area contributed by atoms with Gasteiger partial charge in [-0.1, -0.05) is 42.5 Å². The second-order valence-corrected chi connectivity index (χ2v) is 7.06. The molecule has 2 aliphatic heterocycles. The minimum absolute atomic E-state index is 0.0891. The van der Waals surface area contributed by atoms with Crippen molar-refractivity contribution >= 4 is 6.08 Å². The lowest BCUT2D eigenvalue weighted by atomic mass is 9.71. The Morgan fingerprint density at radius 3 is 2.86 bits per heavy atom. The standard InChI is InChI=1S/C19H28N2O/c1-20-14-10-18(22)19(15-20)11-6-13-21(16-19)12-5-9-17-7-3-2-4-8-17/h2-5,7-9,18,22H,6,10-16H2,1H3/t18-,19-/m0/s1. The summed E-state index contributed by atoms with van der Waals surface area (Å²) in [5, 5.41) is 10.6. The van der Waals surface area contributed by atoms with E-state index in [0.29, 0.717) is 0 Å². The highest BCUT2D eigenvalue weighted by Crippen LogP contribution is 2.38. The Morgan fingerprint density at radius 1 is 1.23 bits per heavy atom. The average Bonchev–Trinajstić information content (AvgIpc) is 2.53. The van der Waals surface area contributed by atoms with Crippen LogP contribution in [0.4, 0.5) is 0 Å². The number of likely N-dealkylation sites (tertiary alicyclic amines) is 2. The van der Waals surface area contributed by atoms with Gasteiger partial charge in [-0.2, -0.15) is 0 Å². The lowest BCUT2D eigenvalue weighted by Crippen LogP contribution is -2.58. The highest BCUT2D eigenvalue weighted by molar-refractivity contribution is 5.48. The number of aliphatic hydroxyl groups excluding tert-OH is 1. The maximum absolute atomic E-state index is 10.6. The fourth-order valence-electron chi connectivity index (χ4n) is 4.09. The van der Waals surface area contributed by atoms with Gasteiger partial charge < -0.3 is 10.0 Å². The van der Waals surface area contributed by atoms with E-state index in [2.05, 4.69) is 53.3 Å². The van der Waals surface area contributed by atoms with E-state index < -0.39 is 0 Å². The third-order valence-corrected chi connectivity index (χ3v) is 5.24. The van der Waals surface area contributed by atoms with Crippen molar-refractivity contribution in [3.8, 4) is 0 Å². The summed E-state index contributed by atoms with van der Waals surface area (Å²) < 4.78 is 0. The van der Waals surface area contributed by atoms with E-state index in [-0.39, 0.29) is 11.5 Å². The molecule has 0 unspecified atom stereocenters. The molecule has 3 nitrogen and oxygen atoms in total. The van der Waals surface area contributed by atoms with Crippen LogP contribution in [0.3, 0.4) is 0 Å². The van der Waals surface area contributed by atoms with Crippen LogP contribution in [0.1, 0.15) is 24.8 Å². The third kappa shape index (κ3) is 3.60. The molecule has 3 heteroatoms. The first-order valence-corrected chi connectivity index (χ1v) is 8.49. The second-order valence-electron chi connectivity index (χ2n) is 7.06. The van der Waals surface area contributed by atoms with E-state index in [1.54, 1.807) is 0 Å². The van der Waals surface area contributed by atoms with Crippen LogP contribution in [0.15, 0.2) is 36.4 Å². The Morgan fingerprint density at radius 2 is 2.05 bits per heavy atom. The van der Waals surface area contributed by atoms with Crippen LogP contribution in [0.25, 0.3) is 6.08 Å². The van der Waals surface area contributed by atoms with Crippen molar-refractivity contribution < 1.29 is 5.11 Å². The SMILES string of the molecule is CN1CC[C@H](O)[C@@]2(CCCN(CC=Cc3ccccc3)C2)C1. The first-order valence-electron chi connectivity index (χ1n) is 8.49. The predicted molar refractivity (Wildman–Crippen MR) is 91.7 cm³/mol. The fraction of sp³-hybridized carbons (Fsp3) is 0.579. The Balaban J connectivity index is 1.60. The molecule has 0 bridgehead atoms. The van der Waals surface area contributed by atoms with Gasteiger partial charge in [0.05, 0.1) is 6.10 Å². The summed E-state index contributed by atoms with van der Waals surface area (Å²) in [6.45, 7) is 5.21. The number of aliphatic hydroxyl groups is 1. The van der Waals surface area contributed by atoms with Crippen molar-refractivity contribution in [1.29, 1.82) is 0 Å². The maximum Gasteiger partial charge on any atom is 0.0633 e. The molecule has 2 aliphatic rings. The molecule has 0 radical (unpaired) electrons. The topological polar surface area (TPSA) is 26.7 Å². The van der Waals surface area contributed by atoms with Crippen LogP contribution < -0.4 is 0 Å². The lowest BCUT2D eigenvalue weighted by Gasteiger charge is -2.50. The average molecular weight is 300 g/mol. The number of rotatable bonds is 3. The number of benzene rings is 1. The fourth-order valence-corrected chi connectivity index (χ4v) is 4.09. The molecule has 2 heterocycles. The molecular formula is C19H28N2O. The van der Waals surface area contributed by atoms with Crippen molar-refractivity contribution in [2.45, 2.75) is 25.4 Å². The minimum Gasteiger partial charge on any atom is -0.392 e. The molecule has 120 valence electrons. The zero-order valence-corrected chi connectivity index (χ0v) is 13.6. The largest absolute Gasteiger partial charge is 0.392 e. The van der Waals surface area contributed by atoms with Crippen molar-refractivity contribution in [1.82, 2.24) is 9.80 Å². The van der Waals surface area contributed by atoms with Crippen molar-refractivity contribution in [3.05, 3.63) is 42.0 Å². The minimum atomic E-state index is -0.135. The van der Waals surface area contributed by atoms with Gasteiger partial charge in [0.15, 0.2) is 0 Å². The van der Waals surface area contributed by atoms with Crippen molar-refractivity contribution in [2.75, 3.05) is 39.8 Å². The van der Waals surface area contributed by atoms with Gasteiger partial charge in [0.1, 0.15) is 0 Å². The quantitative estimate of drug-likeness (QED) is 0.929. The molecule has 0 amide bonds. The molecule has 1 aromatic carbocycles. The summed E-state index contributed by atoms with van der Waals surface area (Å²) in [6.07, 6.45) is 7.61. The Kier molecular flexibility index (Phi) is 4.97. The van der Waals surface area contributed by atoms with Crippen LogP contribution in [-0.4, -0.2) is 60.8 Å². The normalized spacial score (nSPS) is 31.1. The summed E-state index contributed by atoms with van der Waals surface area (Å²) in [7, 11) is 2.18. The van der Waals surface area contributed by atoms with Gasteiger partial charge in [-0.3, -0.25) is 4.90 Å². The van der Waals surface area contributed by atoms with Crippen LogP contribution >= 0.6 is 0 Å². The van der Waals surface area contributed by atoms with E-state index in [0.717, 1.165) is 45.6 Å². The molecule has 0 aromatic heterocycles. The van der Waals surface area contributed by atoms with Gasteiger partial charge in [0.25, 0.3) is 0 Å². The molecular weight excluding hydrogens is 272 g/mol. The van der Waals surface area contributed by atoms with E-state index in [9.17, 15) is 5.11 Å². The summed E-state index contributed by atoms with van der Waals surface area (Å²) >= 11 is 0. The smallest absolute Gasteiger partial charge is 0.0633 e. The highest BCUT2D eigenvalue weighted by atomic mass is 16.3. The van der Waals surface area contributed by atoms with E-state index in [1.807, 2.05) is 6.07 Å². The van der Waals surface area contributed by atoms with Crippen LogP contribution in [-0.2, 0) is 0 Å². The summed E-state index contributed by atoms with van der Waals surface area (Å²) in [5.74, 6) is 0. The highest BCUT2D eigenvalue weighted by Gasteiger charge is 2.44. The molecule has 22 heavy (non-hydrogen) atoms. The van der Waals surface area contributed by atoms with Crippen LogP contribution in [0, 0.1) is 5.41 Å². The zero-order chi connectivity index (χ0) is 15.4. The first-order chi connectivity index (χ1) is 10.7. The molecule has 0 aliphatic carbocycles. The second kappa shape index (κ2) is 6.95. The van der Waals surface area contributed by atoms with E-state index in [1.165, 1.54) is 12.0 Å². The van der Waals surface area contributed by atoms with Gasteiger partial charge in [-0.05, 0) is 38.4 Å². The molecule has 2 saturated heterocycles. The first kappa shape index (κ1) is 15.7. The van der Waals surface area contributed by atoms with Crippen molar-refractivity contribution in [2.24, 2.45) is 5.41 Å². The molecule has 3 rings (SSSR count). The molecule has 0 saturated carbocycles. The number of hydrogen-bond donors (Lipinski definition) is 1. The summed E-state index contributed by atoms with van der Waals surface area (Å²) in [4.78, 5) is 4.89. The molecule has 1 spiro atoms. The number of piperidine rings is 2. The van der Waals surface area contributed by atoms with Gasteiger partial charge in [0.2, 0.25) is 0 Å². The Labute approximate surface area is 134 Å². The van der Waals surface area contributed by atoms with Crippen molar-refractivity contribution in [3.63, 3.8) is 0 Å². The van der Waals surface area contributed by atoms with Gasteiger partial charge >= 0.3 is 0 Å². The number of nitrogens with zero attached hydrogens (tertiary/aromatic N) is 2. The third-order valence-electron chi connectivity index (χ3n) is 5.24. The number of hydrogen-bond acceptors (Lipinski definition) is 3. The molecule has 2 fully saturated rings. The summed E-state index contributed by atoms with van der Waals surface area (Å²) in [6, 6.07) is 10.5. The monoisotopic (exact) mass is 300 g/mol. The van der Waals surface area contributed by atoms with Crippen LogP contribution in [0.2, 0.25) is 0 Å². The Bertz CT molecular complexity index is 501. The van der Waals surface area contributed by atoms with Crippen LogP contribution in [0.5, 0.6) is 0 Å². The maximum atomic E-state index is 10.6. The van der Waals surface area contributed by atoms with E-state index >= 15 is 0 Å². The van der Waals surface area contributed by atoms with Gasteiger partial charge in [0, 0.05) is 31.6 Å². The van der Waals surface area contributed by atoms with Gasteiger partial charge in [-0.25, -0.2) is 0 Å². The Hall–Kier alpha value is -1.16. The lowest BCUT2D eigenvalue weighted by molar-refractivity contribution is -0.0772. The molecule has 2 atom stereocenters. The molecule has 1 aromatic rings. The molecule has 1 N–H and O–H groups in total. The predicted octanol–water partition coefficient (Wildman–Crippen LogP) is 2.48.